The lowest BCUT2D eigenvalue weighted by atomic mass is 10.1. The smallest absolute Gasteiger partial charge is 0.0905 e. The first kappa shape index (κ1) is 15.3. The minimum absolute atomic E-state index is 0.473. The number of aromatic nitrogens is 1. The van der Waals surface area contributed by atoms with Gasteiger partial charge in [-0.2, -0.15) is 0 Å². The van der Waals surface area contributed by atoms with Crippen LogP contribution >= 0.6 is 23.5 Å². The quantitative estimate of drug-likeness (QED) is 0.599. The van der Waals surface area contributed by atoms with Crippen molar-refractivity contribution in [2.75, 3.05) is 11.5 Å². The Hall–Kier alpha value is -1.06. The Bertz CT molecular complexity index is 539. The van der Waals surface area contributed by atoms with E-state index in [1.165, 1.54) is 17.0 Å². The van der Waals surface area contributed by atoms with Crippen molar-refractivity contribution >= 4 is 29.7 Å². The predicted molar refractivity (Wildman–Crippen MR) is 95.3 cm³/mol. The Morgan fingerprint density at radius 2 is 1.70 bits per heavy atom. The fourth-order valence-electron chi connectivity index (χ4n) is 2.23. The summed E-state index contributed by atoms with van der Waals surface area (Å²) in [5.74, 6) is 2.25. The third-order valence-corrected chi connectivity index (χ3v) is 5.65. The van der Waals surface area contributed by atoms with Crippen LogP contribution in [0.25, 0.3) is 17.5 Å². The average molecular weight is 303 g/mol. The van der Waals surface area contributed by atoms with Crippen LogP contribution in [0.3, 0.4) is 0 Å². The number of benzene rings is 1. The number of hydrogen-bond acceptors (Lipinski definition) is 2. The maximum Gasteiger partial charge on any atom is 0.0905 e. The molecule has 0 saturated carbocycles. The van der Waals surface area contributed by atoms with Gasteiger partial charge < -0.3 is 4.57 Å². The van der Waals surface area contributed by atoms with E-state index < -0.39 is 0 Å². The summed E-state index contributed by atoms with van der Waals surface area (Å²) in [5.41, 5.74) is 3.78. The molecular weight excluding hydrogens is 282 g/mol. The average Bonchev–Trinajstić information content (AvgIpc) is 2.91. The fraction of sp³-hybridized carbons (Fsp3) is 0.294. The topological polar surface area (TPSA) is 4.93 Å². The van der Waals surface area contributed by atoms with E-state index in [-0.39, 0.29) is 0 Å². The Morgan fingerprint density at radius 1 is 1.05 bits per heavy atom. The van der Waals surface area contributed by atoms with Crippen LogP contribution < -0.4 is 0 Å². The van der Waals surface area contributed by atoms with Crippen LogP contribution in [0, 0.1) is 0 Å². The highest BCUT2D eigenvalue weighted by molar-refractivity contribution is 8.16. The lowest BCUT2D eigenvalue weighted by molar-refractivity contribution is 1.07. The molecule has 1 aromatic carbocycles. The van der Waals surface area contributed by atoms with Gasteiger partial charge in [0.1, 0.15) is 0 Å². The maximum absolute atomic E-state index is 4.00. The molecule has 0 fully saturated rings. The molecule has 0 bridgehead atoms. The largest absolute Gasteiger partial charge is 0.319 e. The van der Waals surface area contributed by atoms with E-state index in [1.807, 2.05) is 35.8 Å². The Kier molecular flexibility index (Phi) is 5.86. The van der Waals surface area contributed by atoms with Crippen LogP contribution in [0.1, 0.15) is 24.1 Å². The normalized spacial score (nSPS) is 10.9. The minimum Gasteiger partial charge on any atom is -0.319 e. The van der Waals surface area contributed by atoms with Crippen LogP contribution in [0.5, 0.6) is 0 Å². The molecule has 0 N–H and O–H groups in total. The monoisotopic (exact) mass is 303 g/mol. The highest BCUT2D eigenvalue weighted by atomic mass is 32.2. The van der Waals surface area contributed by atoms with Gasteiger partial charge in [0.2, 0.25) is 0 Å². The first-order chi connectivity index (χ1) is 9.81. The van der Waals surface area contributed by atoms with Crippen molar-refractivity contribution in [1.82, 2.24) is 4.57 Å². The lowest BCUT2D eigenvalue weighted by Gasteiger charge is -2.17. The van der Waals surface area contributed by atoms with Gasteiger partial charge in [-0.25, -0.2) is 0 Å². The van der Waals surface area contributed by atoms with Gasteiger partial charge in [-0.3, -0.25) is 0 Å². The number of rotatable bonds is 7. The van der Waals surface area contributed by atoms with Gasteiger partial charge in [-0.15, -0.1) is 23.5 Å². The number of hydrogen-bond donors (Lipinski definition) is 0. The highest BCUT2D eigenvalue weighted by Gasteiger charge is 2.17. The molecule has 106 valence electrons. The third kappa shape index (κ3) is 3.33. The van der Waals surface area contributed by atoms with Gasteiger partial charge in [-0.05, 0) is 29.2 Å². The van der Waals surface area contributed by atoms with Crippen molar-refractivity contribution in [1.29, 1.82) is 0 Å². The molecule has 0 aliphatic rings. The van der Waals surface area contributed by atoms with Gasteiger partial charge in [0.15, 0.2) is 0 Å². The van der Waals surface area contributed by atoms with Crippen LogP contribution in [0.15, 0.2) is 49.0 Å². The second-order valence-corrected chi connectivity index (χ2v) is 7.37. The van der Waals surface area contributed by atoms with E-state index in [1.54, 1.807) is 0 Å². The summed E-state index contributed by atoms with van der Waals surface area (Å²) in [4.78, 5) is 0. The molecule has 0 spiro atoms. The van der Waals surface area contributed by atoms with E-state index in [9.17, 15) is 0 Å². The number of thioether (sulfide) groups is 2. The van der Waals surface area contributed by atoms with Gasteiger partial charge in [-0.1, -0.05) is 50.8 Å². The molecule has 0 amide bonds. The summed E-state index contributed by atoms with van der Waals surface area (Å²) in [7, 11) is 0. The number of nitrogens with zero attached hydrogens (tertiary/aromatic N) is 1. The second-order valence-electron chi connectivity index (χ2n) is 4.30. The Morgan fingerprint density at radius 3 is 2.25 bits per heavy atom. The van der Waals surface area contributed by atoms with Gasteiger partial charge in [0.05, 0.1) is 10.3 Å². The lowest BCUT2D eigenvalue weighted by Crippen LogP contribution is -2.00. The Labute approximate surface area is 130 Å². The molecule has 2 aromatic rings. The molecule has 3 heteroatoms. The van der Waals surface area contributed by atoms with Crippen molar-refractivity contribution in [3.8, 4) is 11.3 Å². The molecule has 0 radical (unpaired) electrons. The van der Waals surface area contributed by atoms with Gasteiger partial charge in [0.25, 0.3) is 0 Å². The first-order valence-corrected chi connectivity index (χ1v) is 9.03. The van der Waals surface area contributed by atoms with Gasteiger partial charge in [0, 0.05) is 11.9 Å². The SMILES string of the molecule is C=Cn1c(-c2ccccc2)ccc1C(SCC)SCC. The molecule has 2 rings (SSSR count). The second kappa shape index (κ2) is 7.65. The summed E-state index contributed by atoms with van der Waals surface area (Å²) in [6, 6.07) is 14.9. The summed E-state index contributed by atoms with van der Waals surface area (Å²) < 4.78 is 2.70. The first-order valence-electron chi connectivity index (χ1n) is 6.94. The molecule has 1 nitrogen and oxygen atoms in total. The molecule has 0 saturated heterocycles. The zero-order valence-electron chi connectivity index (χ0n) is 12.1. The van der Waals surface area contributed by atoms with E-state index in [0.717, 1.165) is 11.5 Å². The summed E-state index contributed by atoms with van der Waals surface area (Å²) in [6.45, 7) is 8.43. The molecule has 0 aliphatic heterocycles. The fourth-order valence-corrected chi connectivity index (χ4v) is 4.76. The molecule has 20 heavy (non-hydrogen) atoms. The molecule has 0 unspecified atom stereocenters. The third-order valence-electron chi connectivity index (χ3n) is 3.08. The van der Waals surface area contributed by atoms with Gasteiger partial charge >= 0.3 is 0 Å². The molecule has 1 heterocycles. The van der Waals surface area contributed by atoms with Crippen molar-refractivity contribution in [2.45, 2.75) is 18.4 Å². The van der Waals surface area contributed by atoms with E-state index in [0.29, 0.717) is 4.58 Å². The van der Waals surface area contributed by atoms with Crippen molar-refractivity contribution < 1.29 is 0 Å². The van der Waals surface area contributed by atoms with E-state index in [2.05, 4.69) is 61.4 Å². The molecular formula is C17H21NS2. The maximum atomic E-state index is 4.00. The predicted octanol–water partition coefficient (Wildman–Crippen LogP) is 5.76. The van der Waals surface area contributed by atoms with Crippen molar-refractivity contribution in [3.63, 3.8) is 0 Å². The summed E-state index contributed by atoms with van der Waals surface area (Å²) in [5, 5.41) is 0. The summed E-state index contributed by atoms with van der Waals surface area (Å²) in [6.07, 6.45) is 1.93. The van der Waals surface area contributed by atoms with Crippen LogP contribution in [-0.4, -0.2) is 16.1 Å². The van der Waals surface area contributed by atoms with Crippen molar-refractivity contribution in [3.05, 3.63) is 54.7 Å². The van der Waals surface area contributed by atoms with Crippen molar-refractivity contribution in [2.24, 2.45) is 0 Å². The minimum atomic E-state index is 0.473. The Balaban J connectivity index is 2.40. The van der Waals surface area contributed by atoms with Crippen LogP contribution in [-0.2, 0) is 0 Å². The summed E-state index contributed by atoms with van der Waals surface area (Å²) >= 11 is 3.97. The molecule has 1 aromatic heterocycles. The zero-order valence-corrected chi connectivity index (χ0v) is 13.7. The molecule has 0 aliphatic carbocycles. The standard InChI is InChI=1S/C17H21NS2/c1-4-18-15(14-10-8-7-9-11-14)12-13-16(18)17(19-5-2)20-6-3/h4,7-13,17H,1,5-6H2,2-3H3. The van der Waals surface area contributed by atoms with E-state index in [4.69, 9.17) is 0 Å². The zero-order chi connectivity index (χ0) is 14.4. The van der Waals surface area contributed by atoms with E-state index >= 15 is 0 Å². The van der Waals surface area contributed by atoms with Crippen LogP contribution in [0.4, 0.5) is 0 Å². The molecule has 0 atom stereocenters. The highest BCUT2D eigenvalue weighted by Crippen LogP contribution is 2.41. The van der Waals surface area contributed by atoms with Crippen LogP contribution in [0.2, 0.25) is 0 Å².